The van der Waals surface area contributed by atoms with E-state index in [0.29, 0.717) is 0 Å². The van der Waals surface area contributed by atoms with Crippen LogP contribution in [0.25, 0.3) is 0 Å². The Kier molecular flexibility index (Phi) is 5.44. The van der Waals surface area contributed by atoms with Gasteiger partial charge in [0.2, 0.25) is 0 Å². The minimum Gasteiger partial charge on any atom is -0.372 e. The maximum Gasteiger partial charge on any atom is 0.126 e. The van der Waals surface area contributed by atoms with E-state index in [0.717, 1.165) is 19.4 Å². The number of hydrogen-bond donors (Lipinski definition) is 0. The fourth-order valence-electron chi connectivity index (χ4n) is 3.57. The molecule has 1 saturated heterocycles. The van der Waals surface area contributed by atoms with E-state index in [4.69, 9.17) is 0 Å². The normalized spacial score (nSPS) is 14.9. The Bertz CT molecular complexity index is 638. The molecule has 130 valence electrons. The smallest absolute Gasteiger partial charge is 0.126 e. The summed E-state index contributed by atoms with van der Waals surface area (Å²) in [6, 6.07) is 11.3. The van der Waals surface area contributed by atoms with E-state index in [1.54, 1.807) is 0 Å². The van der Waals surface area contributed by atoms with Crippen molar-refractivity contribution in [3.63, 3.8) is 0 Å². The van der Waals surface area contributed by atoms with Gasteiger partial charge in [-0.3, -0.25) is 4.68 Å². The number of aromatic nitrogens is 2. The van der Waals surface area contributed by atoms with Gasteiger partial charge in [-0.1, -0.05) is 25.5 Å². The second kappa shape index (κ2) is 7.73. The van der Waals surface area contributed by atoms with E-state index in [1.165, 1.54) is 55.1 Å². The zero-order valence-electron chi connectivity index (χ0n) is 15.3. The average Bonchev–Trinajstić information content (AvgIpc) is 2.97. The minimum absolute atomic E-state index is 0.908. The van der Waals surface area contributed by atoms with Crippen molar-refractivity contribution in [2.24, 2.45) is 7.05 Å². The van der Waals surface area contributed by atoms with Crippen molar-refractivity contribution < 1.29 is 0 Å². The molecular weight excluding hydrogens is 296 g/mol. The maximum atomic E-state index is 4.61. The Labute approximate surface area is 146 Å². The lowest BCUT2D eigenvalue weighted by Gasteiger charge is -2.29. The van der Waals surface area contributed by atoms with Crippen molar-refractivity contribution in [2.75, 3.05) is 29.9 Å². The first-order chi connectivity index (χ1) is 11.7. The Morgan fingerprint density at radius 2 is 1.79 bits per heavy atom. The molecule has 1 aromatic carbocycles. The first-order valence-corrected chi connectivity index (χ1v) is 9.25. The molecule has 2 heterocycles. The van der Waals surface area contributed by atoms with Crippen LogP contribution in [0.15, 0.2) is 30.3 Å². The van der Waals surface area contributed by atoms with Gasteiger partial charge in [-0.25, -0.2) is 0 Å². The van der Waals surface area contributed by atoms with Crippen molar-refractivity contribution in [3.8, 4) is 0 Å². The van der Waals surface area contributed by atoms with Crippen LogP contribution in [0.2, 0.25) is 0 Å². The lowest BCUT2D eigenvalue weighted by molar-refractivity contribution is 0.578. The summed E-state index contributed by atoms with van der Waals surface area (Å²) in [6.07, 6.45) is 6.21. The first kappa shape index (κ1) is 16.9. The summed E-state index contributed by atoms with van der Waals surface area (Å²) in [5, 5.41) is 4.61. The van der Waals surface area contributed by atoms with Gasteiger partial charge in [-0.05, 0) is 43.4 Å². The number of hydrogen-bond acceptors (Lipinski definition) is 3. The third-order valence-corrected chi connectivity index (χ3v) is 4.88. The summed E-state index contributed by atoms with van der Waals surface area (Å²) in [4.78, 5) is 4.79. The molecule has 1 fully saturated rings. The molecule has 1 aliphatic rings. The monoisotopic (exact) mass is 326 g/mol. The van der Waals surface area contributed by atoms with Crippen LogP contribution in [0.4, 0.5) is 11.5 Å². The van der Waals surface area contributed by atoms with E-state index in [2.05, 4.69) is 59.2 Å². The molecule has 3 rings (SSSR count). The van der Waals surface area contributed by atoms with Crippen LogP contribution in [0.1, 0.15) is 43.9 Å². The molecule has 0 saturated carbocycles. The Balaban J connectivity index is 1.64. The Hall–Kier alpha value is -1.97. The van der Waals surface area contributed by atoms with Gasteiger partial charge in [0.05, 0.1) is 5.69 Å². The molecule has 4 nitrogen and oxygen atoms in total. The molecule has 0 N–H and O–H groups in total. The van der Waals surface area contributed by atoms with Crippen LogP contribution in [-0.2, 0) is 20.0 Å². The standard InChI is InChI=1S/C20H30N4/c1-4-8-18-15-20(23(3)21-18)22(2)16-17-9-11-19(12-10-17)24-13-6-5-7-14-24/h9-12,15H,4-8,13-14,16H2,1-3H3. The van der Waals surface area contributed by atoms with Gasteiger partial charge in [0, 0.05) is 45.5 Å². The van der Waals surface area contributed by atoms with Gasteiger partial charge in [0.1, 0.15) is 5.82 Å². The highest BCUT2D eigenvalue weighted by Crippen LogP contribution is 2.22. The number of aryl methyl sites for hydroxylation is 2. The molecule has 4 heteroatoms. The van der Waals surface area contributed by atoms with Crippen LogP contribution < -0.4 is 9.80 Å². The van der Waals surface area contributed by atoms with Crippen LogP contribution in [-0.4, -0.2) is 29.9 Å². The van der Waals surface area contributed by atoms with Gasteiger partial charge in [0.25, 0.3) is 0 Å². The third-order valence-electron chi connectivity index (χ3n) is 4.88. The van der Waals surface area contributed by atoms with Gasteiger partial charge in [-0.2, -0.15) is 5.10 Å². The lowest BCUT2D eigenvalue weighted by atomic mass is 10.1. The summed E-state index contributed by atoms with van der Waals surface area (Å²) < 4.78 is 1.99. The van der Waals surface area contributed by atoms with Crippen molar-refractivity contribution in [2.45, 2.75) is 45.6 Å². The lowest BCUT2D eigenvalue weighted by Crippen LogP contribution is -2.29. The number of benzene rings is 1. The second-order valence-electron chi connectivity index (χ2n) is 6.94. The van der Waals surface area contributed by atoms with Gasteiger partial charge < -0.3 is 9.80 Å². The van der Waals surface area contributed by atoms with Crippen molar-refractivity contribution in [3.05, 3.63) is 41.6 Å². The fraction of sp³-hybridized carbons (Fsp3) is 0.550. The minimum atomic E-state index is 0.908. The van der Waals surface area contributed by atoms with Crippen LogP contribution >= 0.6 is 0 Å². The number of nitrogens with zero attached hydrogens (tertiary/aromatic N) is 4. The van der Waals surface area contributed by atoms with E-state index in [-0.39, 0.29) is 0 Å². The van der Waals surface area contributed by atoms with Crippen LogP contribution in [0.3, 0.4) is 0 Å². The third kappa shape index (κ3) is 3.92. The predicted molar refractivity (Wildman–Crippen MR) is 102 cm³/mol. The number of rotatable bonds is 6. The summed E-state index contributed by atoms with van der Waals surface area (Å²) >= 11 is 0. The molecule has 0 bridgehead atoms. The molecule has 2 aromatic rings. The largest absolute Gasteiger partial charge is 0.372 e. The quantitative estimate of drug-likeness (QED) is 0.802. The summed E-state index contributed by atoms with van der Waals surface area (Å²) in [5.41, 5.74) is 3.89. The molecule has 0 amide bonds. The molecule has 0 radical (unpaired) electrons. The predicted octanol–water partition coefficient (Wildman–Crippen LogP) is 4.00. The molecule has 0 spiro atoms. The summed E-state index contributed by atoms with van der Waals surface area (Å²) in [5.74, 6) is 1.18. The van der Waals surface area contributed by atoms with E-state index in [1.807, 2.05) is 11.7 Å². The first-order valence-electron chi connectivity index (χ1n) is 9.25. The Morgan fingerprint density at radius 3 is 2.46 bits per heavy atom. The van der Waals surface area contributed by atoms with Crippen molar-refractivity contribution >= 4 is 11.5 Å². The molecule has 24 heavy (non-hydrogen) atoms. The van der Waals surface area contributed by atoms with Crippen molar-refractivity contribution in [1.82, 2.24) is 9.78 Å². The van der Waals surface area contributed by atoms with Gasteiger partial charge >= 0.3 is 0 Å². The number of piperidine rings is 1. The SMILES string of the molecule is CCCc1cc(N(C)Cc2ccc(N3CCCCC3)cc2)n(C)n1. The summed E-state index contributed by atoms with van der Waals surface area (Å²) in [7, 11) is 4.18. The highest BCUT2D eigenvalue weighted by molar-refractivity contribution is 5.49. The van der Waals surface area contributed by atoms with Crippen LogP contribution in [0, 0.1) is 0 Å². The molecular formula is C20H30N4. The highest BCUT2D eigenvalue weighted by atomic mass is 15.4. The Morgan fingerprint density at radius 1 is 1.08 bits per heavy atom. The zero-order valence-corrected chi connectivity index (χ0v) is 15.3. The van der Waals surface area contributed by atoms with E-state index < -0.39 is 0 Å². The molecule has 0 atom stereocenters. The number of anilines is 2. The topological polar surface area (TPSA) is 24.3 Å². The average molecular weight is 326 g/mol. The molecule has 0 unspecified atom stereocenters. The van der Waals surface area contributed by atoms with Gasteiger partial charge in [0.15, 0.2) is 0 Å². The van der Waals surface area contributed by atoms with E-state index in [9.17, 15) is 0 Å². The fourth-order valence-corrected chi connectivity index (χ4v) is 3.57. The van der Waals surface area contributed by atoms with Crippen LogP contribution in [0.5, 0.6) is 0 Å². The molecule has 1 aliphatic heterocycles. The van der Waals surface area contributed by atoms with Crippen molar-refractivity contribution in [1.29, 1.82) is 0 Å². The maximum absolute atomic E-state index is 4.61. The molecule has 0 aliphatic carbocycles. The second-order valence-corrected chi connectivity index (χ2v) is 6.94. The zero-order chi connectivity index (χ0) is 16.9. The summed E-state index contributed by atoms with van der Waals surface area (Å²) in [6.45, 7) is 5.51. The highest BCUT2D eigenvalue weighted by Gasteiger charge is 2.12. The van der Waals surface area contributed by atoms with Gasteiger partial charge in [-0.15, -0.1) is 0 Å². The molecule has 1 aromatic heterocycles. The van der Waals surface area contributed by atoms with E-state index >= 15 is 0 Å².